The second kappa shape index (κ2) is 3.66. The van der Waals surface area contributed by atoms with Crippen LogP contribution in [0.3, 0.4) is 0 Å². The van der Waals surface area contributed by atoms with Crippen LogP contribution in [0.15, 0.2) is 23.2 Å². The summed E-state index contributed by atoms with van der Waals surface area (Å²) < 4.78 is 0. The zero-order chi connectivity index (χ0) is 9.84. The molecule has 0 bridgehead atoms. The summed E-state index contributed by atoms with van der Waals surface area (Å²) in [5.41, 5.74) is 0.232. The number of nitrogens with zero attached hydrogens (tertiary/aromatic N) is 2. The average molecular weight is 180 g/mol. The Morgan fingerprint density at radius 2 is 2.31 bits per heavy atom. The number of nitro groups is 1. The molecule has 5 heteroatoms. The first-order valence-corrected chi connectivity index (χ1v) is 3.54. The summed E-state index contributed by atoms with van der Waals surface area (Å²) in [6, 6.07) is 3.81. The Labute approximate surface area is 74.5 Å². The summed E-state index contributed by atoms with van der Waals surface area (Å²) in [5.74, 6) is -0.0134. The summed E-state index contributed by atoms with van der Waals surface area (Å²) in [4.78, 5) is 13.6. The fourth-order valence-electron chi connectivity index (χ4n) is 0.951. The van der Waals surface area contributed by atoms with Crippen molar-refractivity contribution in [3.8, 4) is 5.75 Å². The highest BCUT2D eigenvalue weighted by atomic mass is 16.6. The lowest BCUT2D eigenvalue weighted by molar-refractivity contribution is -0.385. The van der Waals surface area contributed by atoms with Crippen LogP contribution in [0.4, 0.5) is 5.69 Å². The van der Waals surface area contributed by atoms with Gasteiger partial charge >= 0.3 is 0 Å². The third-order valence-electron chi connectivity index (χ3n) is 1.48. The Morgan fingerprint density at radius 1 is 1.62 bits per heavy atom. The van der Waals surface area contributed by atoms with Crippen molar-refractivity contribution in [2.45, 2.75) is 0 Å². The van der Waals surface area contributed by atoms with Crippen molar-refractivity contribution in [1.29, 1.82) is 0 Å². The first-order chi connectivity index (χ1) is 6.15. The van der Waals surface area contributed by atoms with E-state index in [4.69, 9.17) is 5.11 Å². The highest BCUT2D eigenvalue weighted by Gasteiger charge is 2.11. The number of phenolic OH excluding ortho intramolecular Hbond substituents is 1. The Bertz CT molecular complexity index is 360. The van der Waals surface area contributed by atoms with E-state index in [-0.39, 0.29) is 11.4 Å². The van der Waals surface area contributed by atoms with Crippen LogP contribution in [-0.4, -0.2) is 23.3 Å². The molecule has 0 saturated heterocycles. The maximum atomic E-state index is 10.5. The van der Waals surface area contributed by atoms with E-state index in [1.165, 1.54) is 31.5 Å². The first-order valence-electron chi connectivity index (χ1n) is 3.54. The molecule has 0 aliphatic rings. The van der Waals surface area contributed by atoms with Gasteiger partial charge in [0.1, 0.15) is 5.75 Å². The molecule has 0 aliphatic heterocycles. The van der Waals surface area contributed by atoms with Gasteiger partial charge in [-0.05, 0) is 12.1 Å². The van der Waals surface area contributed by atoms with Gasteiger partial charge in [-0.3, -0.25) is 15.1 Å². The predicted molar refractivity (Wildman–Crippen MR) is 48.3 cm³/mol. The van der Waals surface area contributed by atoms with Crippen molar-refractivity contribution >= 4 is 11.9 Å². The van der Waals surface area contributed by atoms with E-state index >= 15 is 0 Å². The second-order valence-corrected chi connectivity index (χ2v) is 2.39. The third-order valence-corrected chi connectivity index (χ3v) is 1.48. The molecular weight excluding hydrogens is 172 g/mol. The smallest absolute Gasteiger partial charge is 0.278 e. The normalized spacial score (nSPS) is 10.5. The van der Waals surface area contributed by atoms with E-state index in [9.17, 15) is 10.1 Å². The van der Waals surface area contributed by atoms with Crippen LogP contribution in [0.2, 0.25) is 0 Å². The Kier molecular flexibility index (Phi) is 2.59. The predicted octanol–water partition coefficient (Wildman–Crippen LogP) is 1.35. The van der Waals surface area contributed by atoms with Gasteiger partial charge < -0.3 is 5.11 Å². The van der Waals surface area contributed by atoms with E-state index in [0.29, 0.717) is 5.56 Å². The van der Waals surface area contributed by atoms with E-state index in [0.717, 1.165) is 0 Å². The van der Waals surface area contributed by atoms with Gasteiger partial charge in [0, 0.05) is 19.3 Å². The third kappa shape index (κ3) is 2.02. The van der Waals surface area contributed by atoms with Gasteiger partial charge in [0.2, 0.25) is 0 Å². The molecule has 68 valence electrons. The Hall–Kier alpha value is -1.91. The Morgan fingerprint density at radius 3 is 2.85 bits per heavy atom. The number of benzene rings is 1. The van der Waals surface area contributed by atoms with Crippen molar-refractivity contribution in [3.63, 3.8) is 0 Å². The molecule has 1 N–H and O–H groups in total. The molecular formula is C8H8N2O3. The largest absolute Gasteiger partial charge is 0.508 e. The lowest BCUT2D eigenvalue weighted by atomic mass is 10.2. The van der Waals surface area contributed by atoms with Crippen molar-refractivity contribution in [1.82, 2.24) is 0 Å². The maximum Gasteiger partial charge on any atom is 0.278 e. The van der Waals surface area contributed by atoms with Gasteiger partial charge in [0.25, 0.3) is 5.69 Å². The molecule has 0 unspecified atom stereocenters. The quantitative estimate of drug-likeness (QED) is 0.424. The van der Waals surface area contributed by atoms with Gasteiger partial charge in [-0.15, -0.1) is 0 Å². The lowest BCUT2D eigenvalue weighted by Crippen LogP contribution is -1.93. The van der Waals surface area contributed by atoms with Crippen molar-refractivity contribution < 1.29 is 10.0 Å². The number of hydrogen-bond donors (Lipinski definition) is 1. The van der Waals surface area contributed by atoms with Gasteiger partial charge in [-0.25, -0.2) is 0 Å². The fraction of sp³-hybridized carbons (Fsp3) is 0.125. The molecule has 0 saturated carbocycles. The maximum absolute atomic E-state index is 10.5. The molecule has 1 rings (SSSR count). The van der Waals surface area contributed by atoms with Gasteiger partial charge in [-0.2, -0.15) is 0 Å². The van der Waals surface area contributed by atoms with Crippen LogP contribution in [0.1, 0.15) is 5.56 Å². The number of aromatic hydroxyl groups is 1. The molecule has 0 radical (unpaired) electrons. The molecule has 1 aromatic rings. The minimum absolute atomic E-state index is 0.0134. The van der Waals surface area contributed by atoms with Crippen molar-refractivity contribution in [3.05, 3.63) is 33.9 Å². The summed E-state index contributed by atoms with van der Waals surface area (Å²) in [7, 11) is 1.51. The van der Waals surface area contributed by atoms with Crippen LogP contribution in [0.5, 0.6) is 5.75 Å². The topological polar surface area (TPSA) is 75.7 Å². The molecule has 0 fully saturated rings. The van der Waals surface area contributed by atoms with Crippen molar-refractivity contribution in [2.75, 3.05) is 7.05 Å². The SMILES string of the molecule is C/N=C\c1cc(O)ccc1[N+](=O)[O-]. The minimum Gasteiger partial charge on any atom is -0.508 e. The molecule has 0 amide bonds. The molecule has 0 spiro atoms. The van der Waals surface area contributed by atoms with Gasteiger partial charge in [0.05, 0.1) is 10.5 Å². The zero-order valence-electron chi connectivity index (χ0n) is 6.97. The number of phenols is 1. The monoisotopic (exact) mass is 180 g/mol. The molecule has 0 aliphatic carbocycles. The number of aliphatic imine (C=N–C) groups is 1. The summed E-state index contributed by atoms with van der Waals surface area (Å²) >= 11 is 0. The Balaban J connectivity index is 3.26. The molecule has 0 aromatic heterocycles. The summed E-state index contributed by atoms with van der Waals surface area (Å²) in [6.07, 6.45) is 1.33. The van der Waals surface area contributed by atoms with Gasteiger partial charge in [-0.1, -0.05) is 0 Å². The van der Waals surface area contributed by atoms with Crippen LogP contribution >= 0.6 is 0 Å². The van der Waals surface area contributed by atoms with Crippen LogP contribution in [0.25, 0.3) is 0 Å². The molecule has 5 nitrogen and oxygen atoms in total. The number of rotatable bonds is 2. The van der Waals surface area contributed by atoms with Gasteiger partial charge in [0.15, 0.2) is 0 Å². The molecule has 13 heavy (non-hydrogen) atoms. The van der Waals surface area contributed by atoms with Crippen molar-refractivity contribution in [2.24, 2.45) is 4.99 Å². The molecule has 0 heterocycles. The van der Waals surface area contributed by atoms with E-state index in [1.54, 1.807) is 0 Å². The number of hydrogen-bond acceptors (Lipinski definition) is 4. The van der Waals surface area contributed by atoms with E-state index in [2.05, 4.69) is 4.99 Å². The minimum atomic E-state index is -0.517. The average Bonchev–Trinajstić information content (AvgIpc) is 2.04. The zero-order valence-corrected chi connectivity index (χ0v) is 6.97. The number of nitro benzene ring substituents is 1. The fourth-order valence-corrected chi connectivity index (χ4v) is 0.951. The highest BCUT2D eigenvalue weighted by Crippen LogP contribution is 2.21. The first kappa shape index (κ1) is 9.18. The van der Waals surface area contributed by atoms with Crippen LogP contribution in [-0.2, 0) is 0 Å². The van der Waals surface area contributed by atoms with E-state index in [1.807, 2.05) is 0 Å². The van der Waals surface area contributed by atoms with Crippen LogP contribution in [0, 0.1) is 10.1 Å². The second-order valence-electron chi connectivity index (χ2n) is 2.39. The summed E-state index contributed by atoms with van der Waals surface area (Å²) in [5, 5.41) is 19.5. The standard InChI is InChI=1S/C8H8N2O3/c1-9-5-6-4-7(11)2-3-8(6)10(12)13/h2-5,11H,1H3/b9-5-. The lowest BCUT2D eigenvalue weighted by Gasteiger charge is -1.96. The van der Waals surface area contributed by atoms with Crippen LogP contribution < -0.4 is 0 Å². The summed E-state index contributed by atoms with van der Waals surface area (Å²) in [6.45, 7) is 0. The molecule has 1 aromatic carbocycles. The highest BCUT2D eigenvalue weighted by molar-refractivity contribution is 5.85. The van der Waals surface area contributed by atoms with E-state index < -0.39 is 4.92 Å². The molecule has 0 atom stereocenters.